The highest BCUT2D eigenvalue weighted by atomic mass is 16.5. The van der Waals surface area contributed by atoms with Crippen molar-refractivity contribution in [2.45, 2.75) is 45.3 Å². The number of hydrogen-bond acceptors (Lipinski definition) is 3. The number of piperidine rings is 1. The van der Waals surface area contributed by atoms with E-state index in [-0.39, 0.29) is 12.2 Å². The van der Waals surface area contributed by atoms with Crippen molar-refractivity contribution < 1.29 is 9.53 Å². The fourth-order valence-electron chi connectivity index (χ4n) is 2.65. The van der Waals surface area contributed by atoms with Crippen molar-refractivity contribution in [2.24, 2.45) is 0 Å². The first-order valence-corrected chi connectivity index (χ1v) is 6.31. The van der Waals surface area contributed by atoms with E-state index in [9.17, 15) is 4.79 Å². The van der Waals surface area contributed by atoms with E-state index >= 15 is 0 Å². The van der Waals surface area contributed by atoms with Gasteiger partial charge < -0.3 is 9.64 Å². The average molecular weight is 226 g/mol. The molecule has 2 saturated heterocycles. The number of morpholine rings is 1. The van der Waals surface area contributed by atoms with Gasteiger partial charge in [0.1, 0.15) is 0 Å². The molecule has 2 aliphatic rings. The Labute approximate surface area is 97.5 Å². The Kier molecular flexibility index (Phi) is 3.82. The summed E-state index contributed by atoms with van der Waals surface area (Å²) in [7, 11) is 0. The molecule has 16 heavy (non-hydrogen) atoms. The van der Waals surface area contributed by atoms with Crippen LogP contribution in [-0.4, -0.2) is 54.2 Å². The fraction of sp³-hybridized carbons (Fsp3) is 0.917. The molecule has 0 spiro atoms. The minimum absolute atomic E-state index is 0.281. The first kappa shape index (κ1) is 11.9. The molecule has 0 aromatic carbocycles. The lowest BCUT2D eigenvalue weighted by Gasteiger charge is -2.39. The van der Waals surface area contributed by atoms with Crippen LogP contribution in [0.5, 0.6) is 0 Å². The Morgan fingerprint density at radius 3 is 2.56 bits per heavy atom. The van der Waals surface area contributed by atoms with Crippen LogP contribution in [0.3, 0.4) is 0 Å². The summed E-state index contributed by atoms with van der Waals surface area (Å²) in [6.07, 6.45) is 3.51. The topological polar surface area (TPSA) is 32.8 Å². The van der Waals surface area contributed by atoms with Gasteiger partial charge in [-0.3, -0.25) is 9.69 Å². The van der Waals surface area contributed by atoms with Crippen molar-refractivity contribution in [1.29, 1.82) is 0 Å². The quantitative estimate of drug-likeness (QED) is 0.706. The Hall–Kier alpha value is -0.610. The molecule has 2 aliphatic heterocycles. The lowest BCUT2D eigenvalue weighted by Crippen LogP contribution is -2.51. The third kappa shape index (κ3) is 2.95. The number of ether oxygens (including phenoxy) is 1. The van der Waals surface area contributed by atoms with E-state index in [1.165, 1.54) is 0 Å². The van der Waals surface area contributed by atoms with E-state index in [0.29, 0.717) is 5.91 Å². The van der Waals surface area contributed by atoms with Crippen LogP contribution in [0.15, 0.2) is 0 Å². The molecule has 2 atom stereocenters. The van der Waals surface area contributed by atoms with Gasteiger partial charge in [0.05, 0.1) is 18.9 Å². The van der Waals surface area contributed by atoms with Gasteiger partial charge in [-0.25, -0.2) is 0 Å². The molecule has 0 saturated carbocycles. The van der Waals surface area contributed by atoms with Gasteiger partial charge in [0, 0.05) is 26.1 Å². The summed E-state index contributed by atoms with van der Waals surface area (Å²) in [5.41, 5.74) is 0. The Balaban J connectivity index is 1.85. The normalized spacial score (nSPS) is 33.1. The van der Waals surface area contributed by atoms with Gasteiger partial charge in [-0.15, -0.1) is 0 Å². The second-order valence-corrected chi connectivity index (χ2v) is 5.05. The van der Waals surface area contributed by atoms with Crippen LogP contribution < -0.4 is 0 Å². The van der Waals surface area contributed by atoms with Crippen molar-refractivity contribution in [3.63, 3.8) is 0 Å². The highest BCUT2D eigenvalue weighted by Crippen LogP contribution is 2.15. The first-order valence-electron chi connectivity index (χ1n) is 6.31. The molecule has 2 rings (SSSR count). The lowest BCUT2D eigenvalue weighted by molar-refractivity contribution is -0.139. The molecule has 0 aromatic heterocycles. The maximum Gasteiger partial charge on any atom is 0.223 e. The number of nitrogens with zero attached hydrogens (tertiary/aromatic N) is 2. The number of rotatable bonds is 2. The summed E-state index contributed by atoms with van der Waals surface area (Å²) in [6, 6.07) is 0. The maximum atomic E-state index is 11.7. The predicted molar refractivity (Wildman–Crippen MR) is 62.0 cm³/mol. The van der Waals surface area contributed by atoms with Crippen molar-refractivity contribution in [3.05, 3.63) is 0 Å². The Morgan fingerprint density at radius 2 is 1.94 bits per heavy atom. The van der Waals surface area contributed by atoms with Crippen molar-refractivity contribution >= 4 is 5.91 Å². The molecular formula is C12H22N2O2. The smallest absolute Gasteiger partial charge is 0.223 e. The summed E-state index contributed by atoms with van der Waals surface area (Å²) >= 11 is 0. The van der Waals surface area contributed by atoms with Gasteiger partial charge in [0.15, 0.2) is 0 Å². The van der Waals surface area contributed by atoms with E-state index in [4.69, 9.17) is 4.74 Å². The monoisotopic (exact) mass is 226 g/mol. The Bertz CT molecular complexity index is 247. The largest absolute Gasteiger partial charge is 0.373 e. The van der Waals surface area contributed by atoms with Crippen LogP contribution in [0.1, 0.15) is 33.1 Å². The lowest BCUT2D eigenvalue weighted by atomic mass is 10.1. The summed E-state index contributed by atoms with van der Waals surface area (Å²) in [5.74, 6) is 0.318. The Morgan fingerprint density at radius 1 is 1.25 bits per heavy atom. The number of carbonyl (C=O) groups excluding carboxylic acids is 1. The van der Waals surface area contributed by atoms with Crippen LogP contribution in [0, 0.1) is 0 Å². The summed E-state index contributed by atoms with van der Waals surface area (Å²) in [5, 5.41) is 0. The molecule has 0 N–H and O–H groups in total. The SMILES string of the molecule is C[C@@H]1CN(CN2CCCCC2=O)C[C@@H](C)O1. The van der Waals surface area contributed by atoms with Crippen LogP contribution in [-0.2, 0) is 9.53 Å². The zero-order valence-electron chi connectivity index (χ0n) is 10.3. The third-order valence-corrected chi connectivity index (χ3v) is 3.29. The van der Waals surface area contributed by atoms with Gasteiger partial charge >= 0.3 is 0 Å². The summed E-state index contributed by atoms with van der Waals surface area (Å²) in [6.45, 7) is 7.79. The van der Waals surface area contributed by atoms with E-state index < -0.39 is 0 Å². The van der Waals surface area contributed by atoms with E-state index in [0.717, 1.165) is 45.6 Å². The van der Waals surface area contributed by atoms with Gasteiger partial charge in [-0.1, -0.05) is 0 Å². The van der Waals surface area contributed by atoms with Crippen molar-refractivity contribution in [1.82, 2.24) is 9.80 Å². The molecule has 4 heteroatoms. The summed E-state index contributed by atoms with van der Waals surface area (Å²) in [4.78, 5) is 16.0. The minimum atomic E-state index is 0.281. The molecule has 0 bridgehead atoms. The second kappa shape index (κ2) is 5.15. The third-order valence-electron chi connectivity index (χ3n) is 3.29. The van der Waals surface area contributed by atoms with Crippen molar-refractivity contribution in [2.75, 3.05) is 26.3 Å². The molecule has 4 nitrogen and oxygen atoms in total. The average Bonchev–Trinajstić information content (AvgIpc) is 2.20. The molecule has 1 amide bonds. The van der Waals surface area contributed by atoms with Crippen LogP contribution >= 0.6 is 0 Å². The molecule has 92 valence electrons. The summed E-state index contributed by atoms with van der Waals surface area (Å²) < 4.78 is 5.69. The minimum Gasteiger partial charge on any atom is -0.373 e. The zero-order chi connectivity index (χ0) is 11.5. The van der Waals surface area contributed by atoms with E-state index in [1.807, 2.05) is 4.90 Å². The molecule has 0 radical (unpaired) electrons. The first-order chi connectivity index (χ1) is 7.65. The van der Waals surface area contributed by atoms with Gasteiger partial charge in [-0.05, 0) is 26.7 Å². The standard InChI is InChI=1S/C12H22N2O2/c1-10-7-13(8-11(2)16-10)9-14-6-4-3-5-12(14)15/h10-11H,3-9H2,1-2H3/t10-,11-/m1/s1. The van der Waals surface area contributed by atoms with Crippen LogP contribution in [0.25, 0.3) is 0 Å². The van der Waals surface area contributed by atoms with Crippen LogP contribution in [0.2, 0.25) is 0 Å². The van der Waals surface area contributed by atoms with Gasteiger partial charge in [-0.2, -0.15) is 0 Å². The maximum absolute atomic E-state index is 11.7. The van der Waals surface area contributed by atoms with Crippen molar-refractivity contribution in [3.8, 4) is 0 Å². The van der Waals surface area contributed by atoms with Gasteiger partial charge in [0.25, 0.3) is 0 Å². The molecule has 0 aliphatic carbocycles. The number of hydrogen-bond donors (Lipinski definition) is 0. The van der Waals surface area contributed by atoms with Gasteiger partial charge in [0.2, 0.25) is 5.91 Å². The fourth-order valence-corrected chi connectivity index (χ4v) is 2.65. The number of likely N-dealkylation sites (tertiary alicyclic amines) is 1. The zero-order valence-corrected chi connectivity index (χ0v) is 10.3. The molecule has 2 heterocycles. The second-order valence-electron chi connectivity index (χ2n) is 5.05. The molecule has 2 fully saturated rings. The molecular weight excluding hydrogens is 204 g/mol. The number of amides is 1. The predicted octanol–water partition coefficient (Wildman–Crippen LogP) is 1.07. The molecule has 0 aromatic rings. The highest BCUT2D eigenvalue weighted by Gasteiger charge is 2.26. The number of carbonyl (C=O) groups is 1. The van der Waals surface area contributed by atoms with E-state index in [2.05, 4.69) is 18.7 Å². The molecule has 0 unspecified atom stereocenters. The van der Waals surface area contributed by atoms with E-state index in [1.54, 1.807) is 0 Å². The van der Waals surface area contributed by atoms with Crippen LogP contribution in [0.4, 0.5) is 0 Å². The highest BCUT2D eigenvalue weighted by molar-refractivity contribution is 5.76.